The third-order valence-electron chi connectivity index (χ3n) is 5.61. The van der Waals surface area contributed by atoms with Crippen molar-refractivity contribution in [2.75, 3.05) is 6.61 Å². The number of aryl methyl sites for hydroxylation is 1. The molecule has 0 unspecified atom stereocenters. The molecule has 1 N–H and O–H groups in total. The van der Waals surface area contributed by atoms with E-state index in [2.05, 4.69) is 46.9 Å². The summed E-state index contributed by atoms with van der Waals surface area (Å²) in [5, 5.41) is 2.95. The molecule has 0 fully saturated rings. The van der Waals surface area contributed by atoms with Gasteiger partial charge in [-0.1, -0.05) is 50.2 Å². The number of ether oxygens (including phenoxy) is 1. The van der Waals surface area contributed by atoms with Gasteiger partial charge in [-0.05, 0) is 54.7 Å². The summed E-state index contributed by atoms with van der Waals surface area (Å²) in [6.07, 6.45) is 3.50. The van der Waals surface area contributed by atoms with Crippen LogP contribution in [0.5, 0.6) is 5.75 Å². The lowest BCUT2D eigenvalue weighted by molar-refractivity contribution is 0.0944. The number of aromatic nitrogens is 3. The zero-order chi connectivity index (χ0) is 23.0. The van der Waals surface area contributed by atoms with Crippen molar-refractivity contribution in [3.8, 4) is 5.75 Å². The molecule has 0 saturated carbocycles. The highest BCUT2D eigenvalue weighted by Crippen LogP contribution is 2.26. The quantitative estimate of drug-likeness (QED) is 0.337. The summed E-state index contributed by atoms with van der Waals surface area (Å²) in [4.78, 5) is 21.3. The van der Waals surface area contributed by atoms with Crippen molar-refractivity contribution in [2.45, 2.75) is 45.7 Å². The lowest BCUT2D eigenvalue weighted by Gasteiger charge is -2.14. The smallest absolute Gasteiger partial charge is 0.270 e. The zero-order valence-electron chi connectivity index (χ0n) is 19.2. The Bertz CT molecular complexity index is 1200. The molecule has 2 aromatic carbocycles. The second kappa shape index (κ2) is 10.8. The number of carbonyl (C=O) groups is 1. The fraction of sp³-hybridized carbons (Fsp3) is 0.296. The average molecular weight is 443 g/mol. The van der Waals surface area contributed by atoms with E-state index >= 15 is 0 Å². The van der Waals surface area contributed by atoms with E-state index in [-0.39, 0.29) is 5.91 Å². The predicted molar refractivity (Wildman–Crippen MR) is 130 cm³/mol. The first-order valence-corrected chi connectivity index (χ1v) is 11.5. The molecular weight excluding hydrogens is 412 g/mol. The Kier molecular flexibility index (Phi) is 7.35. The van der Waals surface area contributed by atoms with Crippen molar-refractivity contribution in [1.29, 1.82) is 0 Å². The number of benzene rings is 2. The van der Waals surface area contributed by atoms with Crippen LogP contribution < -0.4 is 10.1 Å². The molecule has 170 valence electrons. The van der Waals surface area contributed by atoms with Gasteiger partial charge in [0, 0.05) is 12.7 Å². The molecule has 2 heterocycles. The van der Waals surface area contributed by atoms with Crippen LogP contribution in [0.4, 0.5) is 0 Å². The molecule has 0 bridgehead atoms. The Morgan fingerprint density at radius 2 is 1.79 bits per heavy atom. The van der Waals surface area contributed by atoms with Crippen molar-refractivity contribution in [3.05, 3.63) is 90.0 Å². The van der Waals surface area contributed by atoms with Crippen LogP contribution in [-0.4, -0.2) is 27.0 Å². The van der Waals surface area contributed by atoms with E-state index in [1.807, 2.05) is 30.3 Å². The first-order valence-electron chi connectivity index (χ1n) is 11.5. The van der Waals surface area contributed by atoms with Gasteiger partial charge in [0.25, 0.3) is 5.91 Å². The van der Waals surface area contributed by atoms with Gasteiger partial charge in [-0.15, -0.1) is 0 Å². The van der Waals surface area contributed by atoms with Crippen LogP contribution in [0, 0.1) is 0 Å². The van der Waals surface area contributed by atoms with E-state index in [1.54, 1.807) is 24.4 Å². The lowest BCUT2D eigenvalue weighted by Crippen LogP contribution is -2.25. The summed E-state index contributed by atoms with van der Waals surface area (Å²) in [5.41, 5.74) is 3.65. The fourth-order valence-corrected chi connectivity index (χ4v) is 3.90. The van der Waals surface area contributed by atoms with Gasteiger partial charge in [-0.2, -0.15) is 0 Å². The SMILES string of the molecule is CC(C)c1ccccc1OCCCCn1c(CNC(=O)c2ccccn2)nc2ccccc21. The van der Waals surface area contributed by atoms with Gasteiger partial charge in [0.1, 0.15) is 17.3 Å². The van der Waals surface area contributed by atoms with E-state index in [1.165, 1.54) is 5.56 Å². The molecule has 6 heteroatoms. The average Bonchev–Trinajstić information content (AvgIpc) is 3.20. The Balaban J connectivity index is 1.37. The molecule has 6 nitrogen and oxygen atoms in total. The third kappa shape index (κ3) is 5.58. The number of pyridine rings is 1. The first kappa shape index (κ1) is 22.5. The predicted octanol–water partition coefficient (Wildman–Crippen LogP) is 5.34. The Labute approximate surface area is 194 Å². The van der Waals surface area contributed by atoms with Gasteiger partial charge in [-0.25, -0.2) is 4.98 Å². The summed E-state index contributed by atoms with van der Waals surface area (Å²) in [7, 11) is 0. The van der Waals surface area contributed by atoms with E-state index in [9.17, 15) is 4.79 Å². The summed E-state index contributed by atoms with van der Waals surface area (Å²) in [6.45, 7) is 6.19. The Hall–Kier alpha value is -3.67. The molecule has 0 aliphatic rings. The normalized spacial score (nSPS) is 11.1. The summed E-state index contributed by atoms with van der Waals surface area (Å²) in [5.74, 6) is 2.04. The molecule has 4 aromatic rings. The second-order valence-electron chi connectivity index (χ2n) is 8.31. The number of hydrogen-bond donors (Lipinski definition) is 1. The molecule has 2 aromatic heterocycles. The molecular formula is C27H30N4O2. The van der Waals surface area contributed by atoms with Gasteiger partial charge in [0.2, 0.25) is 0 Å². The van der Waals surface area contributed by atoms with Crippen molar-refractivity contribution >= 4 is 16.9 Å². The van der Waals surface area contributed by atoms with Crippen molar-refractivity contribution in [3.63, 3.8) is 0 Å². The maximum Gasteiger partial charge on any atom is 0.270 e. The van der Waals surface area contributed by atoms with Gasteiger partial charge in [-0.3, -0.25) is 9.78 Å². The number of hydrogen-bond acceptors (Lipinski definition) is 4. The van der Waals surface area contributed by atoms with Gasteiger partial charge < -0.3 is 14.6 Å². The minimum atomic E-state index is -0.202. The van der Waals surface area contributed by atoms with Crippen molar-refractivity contribution in [1.82, 2.24) is 19.9 Å². The molecule has 0 atom stereocenters. The van der Waals surface area contributed by atoms with Gasteiger partial charge in [0.15, 0.2) is 0 Å². The number of para-hydroxylation sites is 3. The van der Waals surface area contributed by atoms with E-state index < -0.39 is 0 Å². The van der Waals surface area contributed by atoms with Gasteiger partial charge >= 0.3 is 0 Å². The number of amides is 1. The number of unbranched alkanes of at least 4 members (excludes halogenated alkanes) is 1. The number of nitrogens with one attached hydrogen (secondary N) is 1. The van der Waals surface area contributed by atoms with Crippen LogP contribution >= 0.6 is 0 Å². The minimum Gasteiger partial charge on any atom is -0.493 e. The number of imidazole rings is 1. The number of nitrogens with zero attached hydrogens (tertiary/aromatic N) is 3. The van der Waals surface area contributed by atoms with Crippen molar-refractivity contribution < 1.29 is 9.53 Å². The highest BCUT2D eigenvalue weighted by atomic mass is 16.5. The van der Waals surface area contributed by atoms with Gasteiger partial charge in [0.05, 0.1) is 24.2 Å². The molecule has 0 spiro atoms. The number of rotatable bonds is 10. The Morgan fingerprint density at radius 1 is 1.00 bits per heavy atom. The van der Waals surface area contributed by atoms with Crippen LogP contribution in [0.1, 0.15) is 54.5 Å². The maximum absolute atomic E-state index is 12.4. The van der Waals surface area contributed by atoms with Crippen LogP contribution in [0.3, 0.4) is 0 Å². The van der Waals surface area contributed by atoms with E-state index in [0.29, 0.717) is 24.8 Å². The summed E-state index contributed by atoms with van der Waals surface area (Å²) in [6, 6.07) is 21.6. The third-order valence-corrected chi connectivity index (χ3v) is 5.61. The van der Waals surface area contributed by atoms with Crippen LogP contribution in [-0.2, 0) is 13.1 Å². The highest BCUT2D eigenvalue weighted by molar-refractivity contribution is 5.92. The second-order valence-corrected chi connectivity index (χ2v) is 8.31. The molecule has 0 radical (unpaired) electrons. The molecule has 0 aliphatic heterocycles. The molecule has 0 aliphatic carbocycles. The first-order chi connectivity index (χ1) is 16.1. The fourth-order valence-electron chi connectivity index (χ4n) is 3.90. The molecule has 4 rings (SSSR count). The number of fused-ring (bicyclic) bond motifs is 1. The largest absolute Gasteiger partial charge is 0.493 e. The number of carbonyl (C=O) groups excluding carboxylic acids is 1. The standard InChI is InChI=1S/C27H30N4O2/c1-20(2)21-11-3-6-15-25(21)33-18-10-9-17-31-24-14-5-4-12-22(24)30-26(31)19-29-27(32)23-13-7-8-16-28-23/h3-8,11-16,20H,9-10,17-19H2,1-2H3,(H,29,32). The molecule has 0 saturated heterocycles. The molecule has 1 amide bonds. The van der Waals surface area contributed by atoms with Crippen LogP contribution in [0.25, 0.3) is 11.0 Å². The summed E-state index contributed by atoms with van der Waals surface area (Å²) < 4.78 is 8.27. The zero-order valence-corrected chi connectivity index (χ0v) is 19.2. The minimum absolute atomic E-state index is 0.202. The van der Waals surface area contributed by atoms with E-state index in [0.717, 1.165) is 42.0 Å². The van der Waals surface area contributed by atoms with Crippen molar-refractivity contribution in [2.24, 2.45) is 0 Å². The van der Waals surface area contributed by atoms with E-state index in [4.69, 9.17) is 9.72 Å². The maximum atomic E-state index is 12.4. The Morgan fingerprint density at radius 3 is 2.61 bits per heavy atom. The molecule has 33 heavy (non-hydrogen) atoms. The lowest BCUT2D eigenvalue weighted by atomic mass is 10.0. The van der Waals surface area contributed by atoms with Crippen LogP contribution in [0.2, 0.25) is 0 Å². The highest BCUT2D eigenvalue weighted by Gasteiger charge is 2.13. The van der Waals surface area contributed by atoms with Crippen LogP contribution in [0.15, 0.2) is 72.9 Å². The monoisotopic (exact) mass is 442 g/mol. The topological polar surface area (TPSA) is 69.0 Å². The summed E-state index contributed by atoms with van der Waals surface area (Å²) >= 11 is 0.